The standard InChI is InChI=1S/C12H19N2O4PS/c1-8(20)19(15,17-6)18-10-7-9(16-5)13-11(14-10)12(2,3)4/h7H,1-6H3. The van der Waals surface area contributed by atoms with Crippen LogP contribution < -0.4 is 9.26 Å². The molecule has 0 fully saturated rings. The Morgan fingerprint density at radius 3 is 2.20 bits per heavy atom. The second-order valence-electron chi connectivity index (χ2n) is 5.11. The summed E-state index contributed by atoms with van der Waals surface area (Å²) < 4.78 is 27.8. The number of nitrogens with zero attached hydrogens (tertiary/aromatic N) is 2. The fraction of sp³-hybridized carbons (Fsp3) is 0.583. The van der Waals surface area contributed by atoms with Gasteiger partial charge in [-0.05, 0) is 6.92 Å². The fourth-order valence-corrected chi connectivity index (χ4v) is 2.38. The lowest BCUT2D eigenvalue weighted by Gasteiger charge is -2.20. The molecule has 1 aromatic rings. The van der Waals surface area contributed by atoms with Gasteiger partial charge in [-0.25, -0.2) is 4.57 Å². The van der Waals surface area contributed by atoms with Crippen LogP contribution in [0.5, 0.6) is 11.8 Å². The zero-order valence-electron chi connectivity index (χ0n) is 12.5. The third kappa shape index (κ3) is 3.98. The molecule has 0 aromatic carbocycles. The van der Waals surface area contributed by atoms with Crippen LogP contribution in [0.15, 0.2) is 6.07 Å². The molecular weight excluding hydrogens is 299 g/mol. The van der Waals surface area contributed by atoms with Crippen molar-refractivity contribution in [2.45, 2.75) is 33.1 Å². The van der Waals surface area contributed by atoms with Gasteiger partial charge in [0.25, 0.3) is 0 Å². The number of ether oxygens (including phenoxy) is 1. The smallest absolute Gasteiger partial charge is 0.418 e. The topological polar surface area (TPSA) is 70.5 Å². The van der Waals surface area contributed by atoms with Crippen molar-refractivity contribution in [3.63, 3.8) is 0 Å². The highest BCUT2D eigenvalue weighted by Crippen LogP contribution is 2.49. The lowest BCUT2D eigenvalue weighted by Crippen LogP contribution is -2.17. The quantitative estimate of drug-likeness (QED) is 0.609. The highest BCUT2D eigenvalue weighted by molar-refractivity contribution is 7.97. The van der Waals surface area contributed by atoms with E-state index < -0.39 is 7.60 Å². The Balaban J connectivity index is 3.25. The summed E-state index contributed by atoms with van der Waals surface area (Å²) in [6.07, 6.45) is 0. The molecule has 1 unspecified atom stereocenters. The van der Waals surface area contributed by atoms with Gasteiger partial charge in [0, 0.05) is 12.5 Å². The van der Waals surface area contributed by atoms with Gasteiger partial charge in [0.15, 0.2) is 0 Å². The minimum absolute atomic E-state index is 0.108. The predicted molar refractivity (Wildman–Crippen MR) is 80.8 cm³/mol. The van der Waals surface area contributed by atoms with Gasteiger partial charge in [0.05, 0.1) is 13.2 Å². The van der Waals surface area contributed by atoms with E-state index in [0.717, 1.165) is 0 Å². The lowest BCUT2D eigenvalue weighted by atomic mass is 9.96. The van der Waals surface area contributed by atoms with Gasteiger partial charge in [-0.2, -0.15) is 9.97 Å². The van der Waals surface area contributed by atoms with Crippen molar-refractivity contribution in [1.82, 2.24) is 9.97 Å². The Morgan fingerprint density at radius 1 is 1.25 bits per heavy atom. The summed E-state index contributed by atoms with van der Waals surface area (Å²) in [6.45, 7) is 7.35. The molecule has 0 bridgehead atoms. The number of hydrogen-bond donors (Lipinski definition) is 0. The zero-order valence-corrected chi connectivity index (χ0v) is 14.2. The van der Waals surface area contributed by atoms with Gasteiger partial charge in [-0.3, -0.25) is 4.52 Å². The van der Waals surface area contributed by atoms with E-state index in [2.05, 4.69) is 9.97 Å². The maximum Gasteiger partial charge on any atom is 0.418 e. The van der Waals surface area contributed by atoms with Crippen LogP contribution in [0, 0.1) is 0 Å². The summed E-state index contributed by atoms with van der Waals surface area (Å²) in [5, 5.41) is 0. The first-order valence-corrected chi connectivity index (χ1v) is 7.87. The molecular formula is C12H19N2O4PS. The van der Waals surface area contributed by atoms with Gasteiger partial charge < -0.3 is 9.26 Å². The summed E-state index contributed by atoms with van der Waals surface area (Å²) in [4.78, 5) is 8.49. The number of aromatic nitrogens is 2. The van der Waals surface area contributed by atoms with Crippen LogP contribution >= 0.6 is 19.8 Å². The minimum Gasteiger partial charge on any atom is -0.481 e. The van der Waals surface area contributed by atoms with Crippen molar-refractivity contribution in [3.05, 3.63) is 11.9 Å². The number of hydrogen-bond acceptors (Lipinski definition) is 7. The van der Waals surface area contributed by atoms with Gasteiger partial charge >= 0.3 is 7.60 Å². The van der Waals surface area contributed by atoms with E-state index in [-0.39, 0.29) is 15.9 Å². The van der Waals surface area contributed by atoms with E-state index in [1.807, 2.05) is 20.8 Å². The van der Waals surface area contributed by atoms with Gasteiger partial charge in [0.2, 0.25) is 11.8 Å². The highest BCUT2D eigenvalue weighted by atomic mass is 32.1. The Labute approximate surface area is 124 Å². The van der Waals surface area contributed by atoms with Crippen LogP contribution in [0.1, 0.15) is 33.5 Å². The Hall–Kier alpha value is -1.04. The minimum atomic E-state index is -3.51. The fourth-order valence-electron chi connectivity index (χ4n) is 1.24. The van der Waals surface area contributed by atoms with Crippen molar-refractivity contribution in [3.8, 4) is 11.8 Å². The molecule has 0 aliphatic carbocycles. The van der Waals surface area contributed by atoms with Crippen molar-refractivity contribution in [1.29, 1.82) is 0 Å². The largest absolute Gasteiger partial charge is 0.481 e. The van der Waals surface area contributed by atoms with Crippen LogP contribution in [0.25, 0.3) is 0 Å². The second-order valence-corrected chi connectivity index (χ2v) is 8.24. The van der Waals surface area contributed by atoms with E-state index in [4.69, 9.17) is 26.0 Å². The zero-order chi connectivity index (χ0) is 15.6. The Morgan fingerprint density at radius 2 is 1.80 bits per heavy atom. The number of rotatable bonds is 5. The molecule has 0 N–H and O–H groups in total. The van der Waals surface area contributed by atoms with Crippen molar-refractivity contribution < 1.29 is 18.3 Å². The predicted octanol–water partition coefficient (Wildman–Crippen LogP) is 3.35. The molecule has 0 saturated heterocycles. The van der Waals surface area contributed by atoms with Gasteiger partial charge in [-0.1, -0.05) is 33.0 Å². The summed E-state index contributed by atoms with van der Waals surface area (Å²) in [5.41, 5.74) is -0.309. The third-order valence-electron chi connectivity index (χ3n) is 2.40. The summed E-state index contributed by atoms with van der Waals surface area (Å²) in [5.74, 6) is 0.942. The summed E-state index contributed by atoms with van der Waals surface area (Å²) >= 11 is 4.91. The van der Waals surface area contributed by atoms with Gasteiger partial charge in [-0.15, -0.1) is 0 Å². The van der Waals surface area contributed by atoms with E-state index in [1.54, 1.807) is 0 Å². The maximum atomic E-state index is 12.3. The molecule has 8 heteroatoms. The molecule has 0 radical (unpaired) electrons. The average Bonchev–Trinajstić information content (AvgIpc) is 2.36. The Bertz CT molecular complexity index is 557. The molecule has 0 aliphatic rings. The van der Waals surface area contributed by atoms with Gasteiger partial charge in [0.1, 0.15) is 10.4 Å². The number of methoxy groups -OCH3 is 1. The molecule has 20 heavy (non-hydrogen) atoms. The van der Waals surface area contributed by atoms with Crippen molar-refractivity contribution in [2.24, 2.45) is 0 Å². The van der Waals surface area contributed by atoms with E-state index >= 15 is 0 Å². The molecule has 0 aliphatic heterocycles. The van der Waals surface area contributed by atoms with Crippen molar-refractivity contribution in [2.75, 3.05) is 14.2 Å². The first-order valence-electron chi connectivity index (χ1n) is 5.92. The molecule has 1 rings (SSSR count). The molecule has 0 saturated carbocycles. The summed E-state index contributed by atoms with van der Waals surface area (Å²) in [7, 11) is -0.748. The molecule has 6 nitrogen and oxygen atoms in total. The maximum absolute atomic E-state index is 12.3. The molecule has 0 amide bonds. The second kappa shape index (κ2) is 6.16. The van der Waals surface area contributed by atoms with E-state index in [9.17, 15) is 4.57 Å². The molecule has 1 heterocycles. The molecule has 0 spiro atoms. The van der Waals surface area contributed by atoms with Crippen LogP contribution in [-0.2, 0) is 14.5 Å². The Kier molecular flexibility index (Phi) is 5.24. The van der Waals surface area contributed by atoms with Crippen LogP contribution in [-0.4, -0.2) is 28.8 Å². The monoisotopic (exact) mass is 318 g/mol. The van der Waals surface area contributed by atoms with Crippen LogP contribution in [0.3, 0.4) is 0 Å². The number of thiocarbonyl (C=S) groups is 1. The van der Waals surface area contributed by atoms with E-state index in [0.29, 0.717) is 11.7 Å². The third-order valence-corrected chi connectivity index (χ3v) is 4.75. The molecule has 112 valence electrons. The van der Waals surface area contributed by atoms with Crippen molar-refractivity contribution >= 4 is 24.4 Å². The first-order chi connectivity index (χ1) is 9.12. The molecule has 1 aromatic heterocycles. The SMILES string of the molecule is COc1cc(OP(=O)(OC)C(C)=S)nc(C(C)(C)C)n1. The lowest BCUT2D eigenvalue weighted by molar-refractivity contribution is 0.328. The van der Waals surface area contributed by atoms with Crippen LogP contribution in [0.4, 0.5) is 0 Å². The highest BCUT2D eigenvalue weighted by Gasteiger charge is 2.29. The first kappa shape index (κ1) is 17.0. The normalized spacial score (nSPS) is 14.5. The van der Waals surface area contributed by atoms with E-state index in [1.165, 1.54) is 27.2 Å². The molecule has 1 atom stereocenters. The van der Waals surface area contributed by atoms with Crippen LogP contribution in [0.2, 0.25) is 0 Å². The summed E-state index contributed by atoms with van der Waals surface area (Å²) in [6, 6.07) is 1.44. The average molecular weight is 318 g/mol.